The minimum atomic E-state index is 0.536. The van der Waals surface area contributed by atoms with Gasteiger partial charge in [-0.25, -0.2) is 0 Å². The fourth-order valence-corrected chi connectivity index (χ4v) is 4.46. The normalized spacial score (nSPS) is 22.1. The molecule has 0 saturated heterocycles. The number of nitrogens with one attached hydrogen (secondary N) is 1. The third kappa shape index (κ3) is 10.8. The number of rotatable bonds is 2. The van der Waals surface area contributed by atoms with Crippen LogP contribution in [0.25, 0.3) is 0 Å². The van der Waals surface area contributed by atoms with Crippen molar-refractivity contribution in [1.82, 2.24) is 5.32 Å². The summed E-state index contributed by atoms with van der Waals surface area (Å²) in [6, 6.07) is 11.8. The zero-order valence-electron chi connectivity index (χ0n) is 17.4. The van der Waals surface area contributed by atoms with Gasteiger partial charge in [-0.1, -0.05) is 76.0 Å². The number of anilines is 1. The van der Waals surface area contributed by atoms with E-state index >= 15 is 0 Å². The highest BCUT2D eigenvalue weighted by Gasteiger charge is 2.19. The van der Waals surface area contributed by atoms with E-state index in [2.05, 4.69) is 5.32 Å². The summed E-state index contributed by atoms with van der Waals surface area (Å²) in [6.07, 6.45) is 21.2. The van der Waals surface area contributed by atoms with Crippen LogP contribution in [0.15, 0.2) is 30.3 Å². The largest absolute Gasteiger partial charge is 0.399 e. The van der Waals surface area contributed by atoms with E-state index in [1.807, 2.05) is 30.3 Å². The maximum Gasteiger partial charge on any atom is 0.0313 e. The first-order chi connectivity index (χ1) is 13.2. The molecule has 3 nitrogen and oxygen atoms in total. The van der Waals surface area contributed by atoms with Crippen molar-refractivity contribution >= 4 is 5.69 Å². The molecule has 3 fully saturated rings. The van der Waals surface area contributed by atoms with E-state index in [0.717, 1.165) is 17.8 Å². The standard InChI is InChI=1S/C12H23N.C6H13N.C6H7N/c1-3-7-11(8-4-1)13-12-9-5-2-6-10-12;2*7-6-4-2-1-3-5-6/h11-13H,1-10H2;6H,1-5,7H2;1-5H,7H2. The molecule has 0 spiro atoms. The van der Waals surface area contributed by atoms with Gasteiger partial charge in [0, 0.05) is 23.8 Å². The third-order valence-electron chi connectivity index (χ3n) is 6.13. The Hall–Kier alpha value is -1.06. The molecule has 3 saturated carbocycles. The average Bonchev–Trinajstić information content (AvgIpc) is 2.72. The summed E-state index contributed by atoms with van der Waals surface area (Å²) in [5.74, 6) is 0. The molecule has 0 unspecified atom stereocenters. The first-order valence-corrected chi connectivity index (χ1v) is 11.6. The Morgan fingerprint density at radius 2 is 1.00 bits per heavy atom. The van der Waals surface area contributed by atoms with Gasteiger partial charge >= 0.3 is 0 Å². The summed E-state index contributed by atoms with van der Waals surface area (Å²) < 4.78 is 0. The Balaban J connectivity index is 0.000000159. The van der Waals surface area contributed by atoms with Gasteiger partial charge in [-0.2, -0.15) is 0 Å². The summed E-state index contributed by atoms with van der Waals surface area (Å²) >= 11 is 0. The van der Waals surface area contributed by atoms with Crippen molar-refractivity contribution in [3.63, 3.8) is 0 Å². The Kier molecular flexibility index (Phi) is 11.5. The van der Waals surface area contributed by atoms with Gasteiger partial charge in [0.25, 0.3) is 0 Å². The first kappa shape index (κ1) is 22.2. The van der Waals surface area contributed by atoms with Crippen LogP contribution < -0.4 is 16.8 Å². The Labute approximate surface area is 167 Å². The highest BCUT2D eigenvalue weighted by Crippen LogP contribution is 2.22. The Morgan fingerprint density at radius 1 is 0.593 bits per heavy atom. The number of nitrogens with two attached hydrogens (primary N) is 2. The van der Waals surface area contributed by atoms with Crippen LogP contribution in [0.4, 0.5) is 5.69 Å². The lowest BCUT2D eigenvalue weighted by Crippen LogP contribution is -2.40. The van der Waals surface area contributed by atoms with E-state index in [1.165, 1.54) is 96.3 Å². The molecule has 0 bridgehead atoms. The summed E-state index contributed by atoms with van der Waals surface area (Å²) in [4.78, 5) is 0. The molecule has 27 heavy (non-hydrogen) atoms. The fraction of sp³-hybridized carbons (Fsp3) is 0.750. The second kappa shape index (κ2) is 14.0. The Bertz CT molecular complexity index is 428. The summed E-state index contributed by atoms with van der Waals surface area (Å²) in [5, 5.41) is 3.86. The molecule has 1 aromatic rings. The van der Waals surface area contributed by atoms with Crippen LogP contribution in [0.2, 0.25) is 0 Å². The predicted octanol–water partition coefficient (Wildman–Crippen LogP) is 5.79. The van der Waals surface area contributed by atoms with Crippen molar-refractivity contribution in [3.05, 3.63) is 30.3 Å². The van der Waals surface area contributed by atoms with Crippen molar-refractivity contribution in [2.24, 2.45) is 5.73 Å². The summed E-state index contributed by atoms with van der Waals surface area (Å²) in [5.41, 5.74) is 11.8. The molecule has 3 aliphatic carbocycles. The monoisotopic (exact) mass is 373 g/mol. The Morgan fingerprint density at radius 3 is 1.30 bits per heavy atom. The topological polar surface area (TPSA) is 64.1 Å². The molecular formula is C24H43N3. The lowest BCUT2D eigenvalue weighted by Gasteiger charge is -2.30. The van der Waals surface area contributed by atoms with Crippen LogP contribution in [0, 0.1) is 0 Å². The second-order valence-electron chi connectivity index (χ2n) is 8.65. The number of hydrogen-bond acceptors (Lipinski definition) is 3. The van der Waals surface area contributed by atoms with Crippen LogP contribution in [-0.4, -0.2) is 18.1 Å². The van der Waals surface area contributed by atoms with Crippen LogP contribution >= 0.6 is 0 Å². The number of para-hydroxylation sites is 1. The molecule has 0 heterocycles. The summed E-state index contributed by atoms with van der Waals surface area (Å²) in [7, 11) is 0. The molecule has 0 amide bonds. The maximum absolute atomic E-state index is 5.63. The lowest BCUT2D eigenvalue weighted by atomic mass is 9.91. The molecule has 3 heteroatoms. The molecular weight excluding hydrogens is 330 g/mol. The SMILES string of the molecule is C1CCC(NC2CCCCC2)CC1.NC1CCCCC1.Nc1ccccc1. The number of nitrogen functional groups attached to an aromatic ring is 1. The van der Waals surface area contributed by atoms with Gasteiger partial charge in [0.2, 0.25) is 0 Å². The first-order valence-electron chi connectivity index (χ1n) is 11.6. The third-order valence-corrected chi connectivity index (χ3v) is 6.13. The van der Waals surface area contributed by atoms with Crippen molar-refractivity contribution in [1.29, 1.82) is 0 Å². The number of benzene rings is 1. The zero-order valence-corrected chi connectivity index (χ0v) is 17.4. The molecule has 0 radical (unpaired) electrons. The smallest absolute Gasteiger partial charge is 0.0313 e. The van der Waals surface area contributed by atoms with Crippen LogP contribution in [0.3, 0.4) is 0 Å². The van der Waals surface area contributed by atoms with E-state index in [9.17, 15) is 0 Å². The van der Waals surface area contributed by atoms with Gasteiger partial charge in [0.05, 0.1) is 0 Å². The van der Waals surface area contributed by atoms with Crippen molar-refractivity contribution in [2.45, 2.75) is 114 Å². The molecule has 5 N–H and O–H groups in total. The minimum absolute atomic E-state index is 0.536. The second-order valence-corrected chi connectivity index (χ2v) is 8.65. The van der Waals surface area contributed by atoms with Crippen molar-refractivity contribution in [2.75, 3.05) is 5.73 Å². The molecule has 0 atom stereocenters. The van der Waals surface area contributed by atoms with Crippen molar-refractivity contribution < 1.29 is 0 Å². The van der Waals surface area contributed by atoms with Crippen LogP contribution in [0.5, 0.6) is 0 Å². The lowest BCUT2D eigenvalue weighted by molar-refractivity contribution is 0.291. The molecule has 0 aliphatic heterocycles. The average molecular weight is 374 g/mol. The van der Waals surface area contributed by atoms with E-state index in [1.54, 1.807) is 0 Å². The molecule has 4 rings (SSSR count). The maximum atomic E-state index is 5.63. The highest BCUT2D eigenvalue weighted by atomic mass is 14.9. The van der Waals surface area contributed by atoms with E-state index < -0.39 is 0 Å². The molecule has 154 valence electrons. The fourth-order valence-electron chi connectivity index (χ4n) is 4.46. The van der Waals surface area contributed by atoms with Gasteiger partial charge in [-0.05, 0) is 50.7 Å². The predicted molar refractivity (Wildman–Crippen MR) is 119 cm³/mol. The van der Waals surface area contributed by atoms with Crippen molar-refractivity contribution in [3.8, 4) is 0 Å². The molecule has 1 aromatic carbocycles. The van der Waals surface area contributed by atoms with Gasteiger partial charge in [-0.3, -0.25) is 0 Å². The van der Waals surface area contributed by atoms with Crippen LogP contribution in [0.1, 0.15) is 96.3 Å². The van der Waals surface area contributed by atoms with E-state index in [-0.39, 0.29) is 0 Å². The van der Waals surface area contributed by atoms with Gasteiger partial charge in [-0.15, -0.1) is 0 Å². The molecule has 3 aliphatic rings. The molecule has 0 aromatic heterocycles. The summed E-state index contributed by atoms with van der Waals surface area (Å²) in [6.45, 7) is 0. The van der Waals surface area contributed by atoms with Gasteiger partial charge < -0.3 is 16.8 Å². The van der Waals surface area contributed by atoms with E-state index in [4.69, 9.17) is 11.5 Å². The van der Waals surface area contributed by atoms with Crippen LogP contribution in [-0.2, 0) is 0 Å². The number of hydrogen-bond donors (Lipinski definition) is 3. The van der Waals surface area contributed by atoms with E-state index in [0.29, 0.717) is 6.04 Å². The van der Waals surface area contributed by atoms with Gasteiger partial charge in [0.1, 0.15) is 0 Å². The minimum Gasteiger partial charge on any atom is -0.399 e. The highest BCUT2D eigenvalue weighted by molar-refractivity contribution is 5.35. The zero-order chi connectivity index (χ0) is 19.2. The van der Waals surface area contributed by atoms with Gasteiger partial charge in [0.15, 0.2) is 0 Å². The quantitative estimate of drug-likeness (QED) is 0.575.